The van der Waals surface area contributed by atoms with Crippen LogP contribution in [-0.4, -0.2) is 43.1 Å². The summed E-state index contributed by atoms with van der Waals surface area (Å²) >= 11 is 0. The van der Waals surface area contributed by atoms with E-state index in [1.54, 1.807) is 23.1 Å². The van der Waals surface area contributed by atoms with Gasteiger partial charge in [-0.2, -0.15) is 13.2 Å². The van der Waals surface area contributed by atoms with Crippen LogP contribution in [0.4, 0.5) is 24.5 Å². The van der Waals surface area contributed by atoms with Gasteiger partial charge in [0.25, 0.3) is 0 Å². The molecule has 0 bridgehead atoms. The summed E-state index contributed by atoms with van der Waals surface area (Å²) in [5.41, 5.74) is 0.0680. The van der Waals surface area contributed by atoms with Gasteiger partial charge in [0.1, 0.15) is 0 Å². The summed E-state index contributed by atoms with van der Waals surface area (Å²) in [7, 11) is 0. The zero-order valence-electron chi connectivity index (χ0n) is 17.1. The molecule has 7 nitrogen and oxygen atoms in total. The van der Waals surface area contributed by atoms with Gasteiger partial charge >= 0.3 is 6.18 Å². The number of fused-ring (bicyclic) bond motifs is 1. The highest BCUT2D eigenvalue weighted by atomic mass is 19.4. The van der Waals surface area contributed by atoms with Gasteiger partial charge in [-0.05, 0) is 43.2 Å². The molecule has 2 aromatic rings. The number of likely N-dealkylation sites (tertiary alicyclic amines) is 1. The Morgan fingerprint density at radius 1 is 1.00 bits per heavy atom. The molecule has 0 atom stereocenters. The van der Waals surface area contributed by atoms with E-state index in [-0.39, 0.29) is 36.8 Å². The topological polar surface area (TPSA) is 79.9 Å². The highest BCUT2D eigenvalue weighted by molar-refractivity contribution is 5.93. The van der Waals surface area contributed by atoms with Crippen LogP contribution in [0.2, 0.25) is 0 Å². The van der Waals surface area contributed by atoms with Gasteiger partial charge in [0.15, 0.2) is 11.5 Å². The molecule has 0 aliphatic carbocycles. The van der Waals surface area contributed by atoms with Crippen LogP contribution >= 0.6 is 0 Å². The van der Waals surface area contributed by atoms with E-state index in [0.29, 0.717) is 43.1 Å². The van der Waals surface area contributed by atoms with E-state index in [0.717, 1.165) is 12.1 Å². The number of nitrogens with zero attached hydrogens (tertiary/aromatic N) is 1. The quantitative estimate of drug-likeness (QED) is 0.728. The Labute approximate surface area is 182 Å². The van der Waals surface area contributed by atoms with E-state index >= 15 is 0 Å². The summed E-state index contributed by atoms with van der Waals surface area (Å²) in [6.45, 7) is 0.849. The first-order chi connectivity index (χ1) is 15.3. The van der Waals surface area contributed by atoms with Crippen LogP contribution in [0.1, 0.15) is 18.4 Å². The Kier molecular flexibility index (Phi) is 6.11. The average Bonchev–Trinajstić information content (AvgIpc) is 3.25. The van der Waals surface area contributed by atoms with Crippen molar-refractivity contribution in [2.75, 3.05) is 37.1 Å². The van der Waals surface area contributed by atoms with Crippen LogP contribution in [0.25, 0.3) is 0 Å². The summed E-state index contributed by atoms with van der Waals surface area (Å²) in [4.78, 5) is 26.6. The standard InChI is InChI=1S/C22H22F3N3O4/c23-22(24,25)15-2-1-3-16(10-15)26-12-20(29)28-8-6-14(7-9-28)21(30)27-17-4-5-18-19(11-17)32-13-31-18/h1-5,10-11,14,26H,6-9,12-13H2,(H,27,30). The normalized spacial score (nSPS) is 16.0. The van der Waals surface area contributed by atoms with Crippen LogP contribution in [0.15, 0.2) is 42.5 Å². The number of benzene rings is 2. The minimum atomic E-state index is -4.44. The van der Waals surface area contributed by atoms with Gasteiger partial charge in [0, 0.05) is 36.4 Å². The summed E-state index contributed by atoms with van der Waals surface area (Å²) < 4.78 is 49.0. The first-order valence-corrected chi connectivity index (χ1v) is 10.2. The molecule has 0 aromatic heterocycles. The van der Waals surface area contributed by atoms with Crippen LogP contribution in [0.3, 0.4) is 0 Å². The van der Waals surface area contributed by atoms with Crippen molar-refractivity contribution in [1.82, 2.24) is 4.90 Å². The molecule has 10 heteroatoms. The maximum absolute atomic E-state index is 12.8. The van der Waals surface area contributed by atoms with E-state index < -0.39 is 11.7 Å². The highest BCUT2D eigenvalue weighted by Crippen LogP contribution is 2.34. The van der Waals surface area contributed by atoms with Gasteiger partial charge < -0.3 is 25.0 Å². The van der Waals surface area contributed by atoms with E-state index in [9.17, 15) is 22.8 Å². The lowest BCUT2D eigenvalue weighted by atomic mass is 9.95. The lowest BCUT2D eigenvalue weighted by Gasteiger charge is -2.31. The number of amides is 2. The van der Waals surface area contributed by atoms with E-state index in [4.69, 9.17) is 9.47 Å². The first kappa shape index (κ1) is 21.8. The Morgan fingerprint density at radius 2 is 1.75 bits per heavy atom. The van der Waals surface area contributed by atoms with E-state index in [2.05, 4.69) is 10.6 Å². The SMILES string of the molecule is O=C(Nc1ccc2c(c1)OCO2)C1CCN(C(=O)CNc2cccc(C(F)(F)F)c2)CC1. The van der Waals surface area contributed by atoms with Gasteiger partial charge in [-0.15, -0.1) is 0 Å². The number of ether oxygens (including phenoxy) is 2. The number of nitrogens with one attached hydrogen (secondary N) is 2. The molecule has 1 fully saturated rings. The van der Waals surface area contributed by atoms with Crippen molar-refractivity contribution < 1.29 is 32.2 Å². The Hall–Kier alpha value is -3.43. The number of hydrogen-bond acceptors (Lipinski definition) is 5. The maximum atomic E-state index is 12.8. The third kappa shape index (κ3) is 5.06. The lowest BCUT2D eigenvalue weighted by Crippen LogP contribution is -2.43. The third-order valence-electron chi connectivity index (χ3n) is 5.49. The number of hydrogen-bond donors (Lipinski definition) is 2. The highest BCUT2D eigenvalue weighted by Gasteiger charge is 2.31. The van der Waals surface area contributed by atoms with Crippen molar-refractivity contribution in [3.63, 3.8) is 0 Å². The molecule has 0 spiro atoms. The molecule has 2 amide bonds. The van der Waals surface area contributed by atoms with E-state index in [1.807, 2.05) is 0 Å². The van der Waals surface area contributed by atoms with Crippen LogP contribution in [0.5, 0.6) is 11.5 Å². The number of carbonyl (C=O) groups excluding carboxylic acids is 2. The molecule has 32 heavy (non-hydrogen) atoms. The van der Waals surface area contributed by atoms with E-state index in [1.165, 1.54) is 12.1 Å². The van der Waals surface area contributed by atoms with Crippen LogP contribution in [-0.2, 0) is 15.8 Å². The number of rotatable bonds is 5. The minimum absolute atomic E-state index is 0.116. The molecule has 2 heterocycles. The Balaban J connectivity index is 1.24. The first-order valence-electron chi connectivity index (χ1n) is 10.2. The largest absolute Gasteiger partial charge is 0.454 e. The molecule has 4 rings (SSSR count). The molecule has 2 aliphatic rings. The summed E-state index contributed by atoms with van der Waals surface area (Å²) in [6.07, 6.45) is -3.43. The van der Waals surface area contributed by atoms with Crippen molar-refractivity contribution >= 4 is 23.2 Å². The fourth-order valence-corrected chi connectivity index (χ4v) is 3.70. The summed E-state index contributed by atoms with van der Waals surface area (Å²) in [5.74, 6) is 0.626. The van der Waals surface area contributed by atoms with Crippen LogP contribution < -0.4 is 20.1 Å². The number of piperidine rings is 1. The zero-order chi connectivity index (χ0) is 22.7. The molecule has 170 valence electrons. The lowest BCUT2D eigenvalue weighted by molar-refractivity contribution is -0.137. The number of anilines is 2. The fraction of sp³-hybridized carbons (Fsp3) is 0.364. The van der Waals surface area contributed by atoms with Gasteiger partial charge in [0.05, 0.1) is 12.1 Å². The molecule has 0 unspecified atom stereocenters. The second kappa shape index (κ2) is 8.97. The Morgan fingerprint density at radius 3 is 2.50 bits per heavy atom. The van der Waals surface area contributed by atoms with Crippen molar-refractivity contribution in [3.8, 4) is 11.5 Å². The minimum Gasteiger partial charge on any atom is -0.454 e. The molecule has 2 N–H and O–H groups in total. The second-order valence-corrected chi connectivity index (χ2v) is 7.64. The summed E-state index contributed by atoms with van der Waals surface area (Å²) in [6, 6.07) is 9.90. The van der Waals surface area contributed by atoms with Crippen molar-refractivity contribution in [2.45, 2.75) is 19.0 Å². The van der Waals surface area contributed by atoms with Gasteiger partial charge in [-0.3, -0.25) is 9.59 Å². The van der Waals surface area contributed by atoms with Crippen molar-refractivity contribution in [3.05, 3.63) is 48.0 Å². The fourth-order valence-electron chi connectivity index (χ4n) is 3.70. The molecular formula is C22H22F3N3O4. The number of halogens is 3. The summed E-state index contributed by atoms with van der Waals surface area (Å²) in [5, 5.41) is 5.62. The van der Waals surface area contributed by atoms with Gasteiger partial charge in [0.2, 0.25) is 18.6 Å². The molecule has 0 saturated carbocycles. The predicted molar refractivity (Wildman–Crippen MR) is 110 cm³/mol. The van der Waals surface area contributed by atoms with Crippen molar-refractivity contribution in [2.24, 2.45) is 5.92 Å². The third-order valence-corrected chi connectivity index (χ3v) is 5.49. The second-order valence-electron chi connectivity index (χ2n) is 7.64. The van der Waals surface area contributed by atoms with Gasteiger partial charge in [-0.25, -0.2) is 0 Å². The monoisotopic (exact) mass is 449 g/mol. The van der Waals surface area contributed by atoms with Crippen LogP contribution in [0, 0.1) is 5.92 Å². The average molecular weight is 449 g/mol. The zero-order valence-corrected chi connectivity index (χ0v) is 17.1. The molecule has 2 aromatic carbocycles. The molecule has 1 saturated heterocycles. The molecule has 2 aliphatic heterocycles. The Bertz CT molecular complexity index is 1000. The molecule has 0 radical (unpaired) electrons. The van der Waals surface area contributed by atoms with Crippen molar-refractivity contribution in [1.29, 1.82) is 0 Å². The van der Waals surface area contributed by atoms with Gasteiger partial charge in [-0.1, -0.05) is 6.07 Å². The number of carbonyl (C=O) groups is 2. The number of alkyl halides is 3. The predicted octanol–water partition coefficient (Wildman–Crippen LogP) is 3.72. The smallest absolute Gasteiger partial charge is 0.416 e. The molecular weight excluding hydrogens is 427 g/mol. The maximum Gasteiger partial charge on any atom is 0.416 e.